The fourth-order valence-corrected chi connectivity index (χ4v) is 3.39. The Hall–Kier alpha value is -1.43. The third-order valence-corrected chi connectivity index (χ3v) is 4.99. The van der Waals surface area contributed by atoms with Crippen LogP contribution in [0.15, 0.2) is 4.42 Å². The molecule has 0 unspecified atom stereocenters. The zero-order valence-corrected chi connectivity index (χ0v) is 13.2. The molecule has 1 aliphatic heterocycles. The first-order chi connectivity index (χ1) is 10.6. The minimum Gasteiger partial charge on any atom is -0.422 e. The van der Waals surface area contributed by atoms with Crippen LogP contribution in [-0.4, -0.2) is 40.7 Å². The van der Waals surface area contributed by atoms with E-state index in [-0.39, 0.29) is 17.9 Å². The molecule has 2 heterocycles. The fourth-order valence-electron chi connectivity index (χ4n) is 3.39. The highest BCUT2D eigenvalue weighted by Crippen LogP contribution is 2.55. The Morgan fingerprint density at radius 2 is 2.14 bits per heavy atom. The summed E-state index contributed by atoms with van der Waals surface area (Å²) in [5.74, 6) is 3.37. The predicted octanol–water partition coefficient (Wildman–Crippen LogP) is 2.14. The number of ether oxygens (including phenoxy) is 1. The van der Waals surface area contributed by atoms with Gasteiger partial charge in [0.25, 0.3) is 0 Å². The number of carbonyl (C=O) groups excluding carboxylic acids is 1. The van der Waals surface area contributed by atoms with Gasteiger partial charge >= 0.3 is 0 Å². The van der Waals surface area contributed by atoms with Gasteiger partial charge in [-0.3, -0.25) is 4.79 Å². The summed E-state index contributed by atoms with van der Waals surface area (Å²) in [4.78, 5) is 14.5. The molecule has 0 radical (unpaired) electrons. The molecule has 22 heavy (non-hydrogen) atoms. The topological polar surface area (TPSA) is 68.5 Å². The molecule has 0 spiro atoms. The lowest BCUT2D eigenvalue weighted by atomic mass is 10.2. The second kappa shape index (κ2) is 5.33. The van der Waals surface area contributed by atoms with Crippen molar-refractivity contribution in [2.45, 2.75) is 45.1 Å². The summed E-state index contributed by atoms with van der Waals surface area (Å²) in [6, 6.07) is 0. The summed E-state index contributed by atoms with van der Waals surface area (Å²) < 4.78 is 11.4. The molecule has 120 valence electrons. The molecule has 1 saturated heterocycles. The van der Waals surface area contributed by atoms with E-state index < -0.39 is 0 Å². The molecule has 0 bridgehead atoms. The van der Waals surface area contributed by atoms with Crippen molar-refractivity contribution in [3.05, 3.63) is 11.8 Å². The van der Waals surface area contributed by atoms with Gasteiger partial charge in [0.15, 0.2) is 6.10 Å². The van der Waals surface area contributed by atoms with Crippen molar-refractivity contribution in [1.29, 1.82) is 0 Å². The van der Waals surface area contributed by atoms with E-state index in [0.29, 0.717) is 43.3 Å². The van der Waals surface area contributed by atoms with Crippen LogP contribution in [0.25, 0.3) is 0 Å². The van der Waals surface area contributed by atoms with Gasteiger partial charge in [-0.2, -0.15) is 0 Å². The standard InChI is InChI=1S/C16H23N3O3/c1-9(2)14-17-18-15(22-14)13-8-19(5-6-21-13)16(20)12-7-11(12)10-3-4-10/h9-13H,3-8H2,1-2H3/t11-,12-,13+/m1/s1. The SMILES string of the molecule is CC(C)c1nnc([C@@H]2CN(C(=O)[C@@H]3C[C@@H]3C3CC3)CCO2)o1. The molecular weight excluding hydrogens is 282 g/mol. The molecule has 6 nitrogen and oxygen atoms in total. The van der Waals surface area contributed by atoms with Crippen LogP contribution in [0.1, 0.15) is 56.9 Å². The molecule has 0 N–H and O–H groups in total. The Bertz CT molecular complexity index is 567. The Kier molecular flexibility index (Phi) is 3.44. The molecule has 1 aromatic rings. The van der Waals surface area contributed by atoms with E-state index >= 15 is 0 Å². The average Bonchev–Trinajstić information content (AvgIpc) is 3.42. The van der Waals surface area contributed by atoms with Crippen molar-refractivity contribution >= 4 is 5.91 Å². The highest BCUT2D eigenvalue weighted by molar-refractivity contribution is 5.82. The highest BCUT2D eigenvalue weighted by Gasteiger charge is 2.52. The zero-order valence-electron chi connectivity index (χ0n) is 13.2. The maximum Gasteiger partial charge on any atom is 0.247 e. The Balaban J connectivity index is 1.39. The number of nitrogens with zero attached hydrogens (tertiary/aromatic N) is 3. The van der Waals surface area contributed by atoms with Crippen molar-refractivity contribution in [3.63, 3.8) is 0 Å². The molecule has 1 amide bonds. The lowest BCUT2D eigenvalue weighted by Crippen LogP contribution is -2.43. The maximum absolute atomic E-state index is 12.6. The van der Waals surface area contributed by atoms with Crippen LogP contribution >= 0.6 is 0 Å². The number of carbonyl (C=O) groups is 1. The van der Waals surface area contributed by atoms with Crippen molar-refractivity contribution in [3.8, 4) is 0 Å². The predicted molar refractivity (Wildman–Crippen MR) is 78.0 cm³/mol. The van der Waals surface area contributed by atoms with Gasteiger partial charge < -0.3 is 14.1 Å². The van der Waals surface area contributed by atoms with Crippen molar-refractivity contribution in [2.75, 3.05) is 19.7 Å². The lowest BCUT2D eigenvalue weighted by Gasteiger charge is -2.31. The van der Waals surface area contributed by atoms with E-state index in [0.717, 1.165) is 12.3 Å². The zero-order chi connectivity index (χ0) is 15.3. The van der Waals surface area contributed by atoms with Crippen molar-refractivity contribution in [2.24, 2.45) is 17.8 Å². The van der Waals surface area contributed by atoms with Gasteiger partial charge in [-0.1, -0.05) is 13.8 Å². The summed E-state index contributed by atoms with van der Waals surface area (Å²) >= 11 is 0. The van der Waals surface area contributed by atoms with E-state index in [9.17, 15) is 4.79 Å². The number of hydrogen-bond donors (Lipinski definition) is 0. The maximum atomic E-state index is 12.6. The second-order valence-corrected chi connectivity index (χ2v) is 7.12. The summed E-state index contributed by atoms with van der Waals surface area (Å²) in [6.45, 7) is 5.78. The van der Waals surface area contributed by atoms with E-state index in [4.69, 9.17) is 9.15 Å². The first-order valence-electron chi connectivity index (χ1n) is 8.37. The molecule has 1 aromatic heterocycles. The molecule has 6 heteroatoms. The summed E-state index contributed by atoms with van der Waals surface area (Å²) in [6.07, 6.45) is 3.44. The van der Waals surface area contributed by atoms with Gasteiger partial charge in [0.1, 0.15) is 0 Å². The van der Waals surface area contributed by atoms with Gasteiger partial charge in [0.2, 0.25) is 17.7 Å². The summed E-state index contributed by atoms with van der Waals surface area (Å²) in [5, 5.41) is 8.14. The minimum absolute atomic E-state index is 0.202. The fraction of sp³-hybridized carbons (Fsp3) is 0.812. The Morgan fingerprint density at radius 3 is 2.82 bits per heavy atom. The molecule has 4 rings (SSSR count). The number of hydrogen-bond acceptors (Lipinski definition) is 5. The summed E-state index contributed by atoms with van der Waals surface area (Å²) in [7, 11) is 0. The van der Waals surface area contributed by atoms with Crippen LogP contribution in [0.4, 0.5) is 0 Å². The second-order valence-electron chi connectivity index (χ2n) is 7.12. The first-order valence-corrected chi connectivity index (χ1v) is 8.37. The largest absolute Gasteiger partial charge is 0.422 e. The van der Waals surface area contributed by atoms with Crippen LogP contribution in [0.5, 0.6) is 0 Å². The lowest BCUT2D eigenvalue weighted by molar-refractivity contribution is -0.141. The van der Waals surface area contributed by atoms with Gasteiger partial charge in [0, 0.05) is 18.4 Å². The minimum atomic E-state index is -0.282. The quantitative estimate of drug-likeness (QED) is 0.852. The van der Waals surface area contributed by atoms with Crippen LogP contribution in [-0.2, 0) is 9.53 Å². The molecule has 2 saturated carbocycles. The van der Waals surface area contributed by atoms with E-state index in [1.807, 2.05) is 18.7 Å². The molecule has 0 aromatic carbocycles. The number of morpholine rings is 1. The van der Waals surface area contributed by atoms with E-state index in [1.54, 1.807) is 0 Å². The molecular formula is C16H23N3O3. The third kappa shape index (κ3) is 2.64. The molecule has 3 atom stereocenters. The van der Waals surface area contributed by atoms with Crippen molar-refractivity contribution < 1.29 is 13.9 Å². The monoisotopic (exact) mass is 305 g/mol. The number of aromatic nitrogens is 2. The van der Waals surface area contributed by atoms with Gasteiger partial charge in [0.05, 0.1) is 13.2 Å². The highest BCUT2D eigenvalue weighted by atomic mass is 16.5. The normalized spacial score (nSPS) is 31.6. The first kappa shape index (κ1) is 14.2. The van der Waals surface area contributed by atoms with Crippen LogP contribution in [0, 0.1) is 17.8 Å². The van der Waals surface area contributed by atoms with Gasteiger partial charge in [-0.25, -0.2) is 0 Å². The molecule has 2 aliphatic carbocycles. The third-order valence-electron chi connectivity index (χ3n) is 4.99. The summed E-state index contributed by atoms with van der Waals surface area (Å²) in [5.41, 5.74) is 0. The number of rotatable bonds is 4. The van der Waals surface area contributed by atoms with Crippen LogP contribution < -0.4 is 0 Å². The van der Waals surface area contributed by atoms with Gasteiger partial charge in [-0.05, 0) is 31.1 Å². The van der Waals surface area contributed by atoms with E-state index in [2.05, 4.69) is 10.2 Å². The van der Waals surface area contributed by atoms with Gasteiger partial charge in [-0.15, -0.1) is 10.2 Å². The van der Waals surface area contributed by atoms with Crippen molar-refractivity contribution in [1.82, 2.24) is 15.1 Å². The molecule has 3 aliphatic rings. The van der Waals surface area contributed by atoms with Crippen LogP contribution in [0.2, 0.25) is 0 Å². The Morgan fingerprint density at radius 1 is 1.32 bits per heavy atom. The van der Waals surface area contributed by atoms with Crippen LogP contribution in [0.3, 0.4) is 0 Å². The molecule has 3 fully saturated rings. The number of amides is 1. The smallest absolute Gasteiger partial charge is 0.247 e. The average molecular weight is 305 g/mol. The Labute approximate surface area is 130 Å². The van der Waals surface area contributed by atoms with E-state index in [1.165, 1.54) is 12.8 Å².